The SMILES string of the molecule is O=C(O)/C=C/c1ccc(S(=O)(=O)O)nc1. The van der Waals surface area contributed by atoms with Crippen LogP contribution in [-0.4, -0.2) is 29.0 Å². The Kier molecular flexibility index (Phi) is 3.17. The molecule has 0 saturated carbocycles. The second-order valence-corrected chi connectivity index (χ2v) is 3.94. The van der Waals surface area contributed by atoms with E-state index in [2.05, 4.69) is 4.98 Å². The molecule has 0 aromatic carbocycles. The molecule has 0 aliphatic rings. The summed E-state index contributed by atoms with van der Waals surface area (Å²) in [6.45, 7) is 0. The van der Waals surface area contributed by atoms with Gasteiger partial charge in [0.05, 0.1) is 0 Å². The van der Waals surface area contributed by atoms with E-state index < -0.39 is 21.1 Å². The quantitative estimate of drug-likeness (QED) is 0.575. The molecule has 0 bridgehead atoms. The lowest BCUT2D eigenvalue weighted by molar-refractivity contribution is -0.131. The second kappa shape index (κ2) is 4.20. The molecule has 1 rings (SSSR count). The fourth-order valence-corrected chi connectivity index (χ4v) is 1.24. The van der Waals surface area contributed by atoms with Gasteiger partial charge in [0, 0.05) is 12.3 Å². The topological polar surface area (TPSA) is 105 Å². The van der Waals surface area contributed by atoms with Crippen LogP contribution < -0.4 is 0 Å². The number of rotatable bonds is 3. The summed E-state index contributed by atoms with van der Waals surface area (Å²) >= 11 is 0. The first kappa shape index (κ1) is 11.3. The summed E-state index contributed by atoms with van der Waals surface area (Å²) < 4.78 is 29.8. The first-order valence-corrected chi connectivity index (χ1v) is 5.18. The van der Waals surface area contributed by atoms with Gasteiger partial charge in [-0.15, -0.1) is 0 Å². The van der Waals surface area contributed by atoms with Crippen LogP contribution in [0.25, 0.3) is 6.08 Å². The van der Waals surface area contributed by atoms with Crippen LogP contribution in [0.3, 0.4) is 0 Å². The molecule has 0 amide bonds. The first-order chi connectivity index (χ1) is 6.89. The average Bonchev–Trinajstić information content (AvgIpc) is 2.14. The van der Waals surface area contributed by atoms with E-state index in [0.717, 1.165) is 18.3 Å². The van der Waals surface area contributed by atoms with E-state index >= 15 is 0 Å². The Bertz CT molecular complexity index is 488. The van der Waals surface area contributed by atoms with Crippen molar-refractivity contribution in [3.05, 3.63) is 30.0 Å². The third-order valence-electron chi connectivity index (χ3n) is 1.44. The second-order valence-electron chi connectivity index (χ2n) is 2.58. The third kappa shape index (κ3) is 3.49. The van der Waals surface area contributed by atoms with Crippen molar-refractivity contribution in [1.29, 1.82) is 0 Å². The van der Waals surface area contributed by atoms with Crippen molar-refractivity contribution in [3.8, 4) is 0 Å². The van der Waals surface area contributed by atoms with Gasteiger partial charge in [0.2, 0.25) is 0 Å². The maximum atomic E-state index is 10.6. The van der Waals surface area contributed by atoms with E-state index in [1.165, 1.54) is 12.1 Å². The summed E-state index contributed by atoms with van der Waals surface area (Å²) in [5.74, 6) is -1.12. The van der Waals surface area contributed by atoms with Crippen LogP contribution >= 0.6 is 0 Å². The smallest absolute Gasteiger partial charge is 0.328 e. The van der Waals surface area contributed by atoms with E-state index in [-0.39, 0.29) is 0 Å². The molecule has 0 fully saturated rings. The van der Waals surface area contributed by atoms with Gasteiger partial charge in [-0.25, -0.2) is 9.78 Å². The highest BCUT2D eigenvalue weighted by atomic mass is 32.2. The van der Waals surface area contributed by atoms with Gasteiger partial charge in [-0.1, -0.05) is 6.07 Å². The molecule has 0 aliphatic heterocycles. The first-order valence-electron chi connectivity index (χ1n) is 3.74. The van der Waals surface area contributed by atoms with Crippen molar-refractivity contribution in [2.45, 2.75) is 5.03 Å². The Morgan fingerprint density at radius 2 is 2.07 bits per heavy atom. The number of aromatic nitrogens is 1. The molecule has 1 aromatic rings. The predicted octanol–water partition coefficient (Wildman–Crippen LogP) is 0.426. The number of carboxylic acids is 1. The van der Waals surface area contributed by atoms with Gasteiger partial charge in [-0.2, -0.15) is 8.42 Å². The summed E-state index contributed by atoms with van der Waals surface area (Å²) in [6, 6.07) is 2.41. The van der Waals surface area contributed by atoms with Crippen LogP contribution in [-0.2, 0) is 14.9 Å². The number of nitrogens with zero attached hydrogens (tertiary/aromatic N) is 1. The highest BCUT2D eigenvalue weighted by Gasteiger charge is 2.09. The Labute approximate surface area is 85.6 Å². The van der Waals surface area contributed by atoms with Crippen molar-refractivity contribution in [2.24, 2.45) is 0 Å². The van der Waals surface area contributed by atoms with Crippen molar-refractivity contribution in [1.82, 2.24) is 4.98 Å². The number of aliphatic carboxylic acids is 1. The normalized spacial score (nSPS) is 11.8. The molecule has 0 saturated heterocycles. The van der Waals surface area contributed by atoms with Crippen LogP contribution in [0.2, 0.25) is 0 Å². The fourth-order valence-electron chi connectivity index (χ4n) is 0.810. The zero-order chi connectivity index (χ0) is 11.5. The van der Waals surface area contributed by atoms with Gasteiger partial charge in [-0.05, 0) is 17.7 Å². The van der Waals surface area contributed by atoms with Gasteiger partial charge in [0.25, 0.3) is 0 Å². The fraction of sp³-hybridized carbons (Fsp3) is 0. The molecule has 1 aromatic heterocycles. The monoisotopic (exact) mass is 229 g/mol. The average molecular weight is 229 g/mol. The molecule has 2 N–H and O–H groups in total. The highest BCUT2D eigenvalue weighted by Crippen LogP contribution is 2.07. The van der Waals surface area contributed by atoms with Crippen LogP contribution in [0.1, 0.15) is 5.56 Å². The zero-order valence-corrected chi connectivity index (χ0v) is 8.18. The molecule has 80 valence electrons. The summed E-state index contributed by atoms with van der Waals surface area (Å²) in [5.41, 5.74) is 0.421. The van der Waals surface area contributed by atoms with Gasteiger partial charge in [0.15, 0.2) is 5.03 Å². The van der Waals surface area contributed by atoms with Gasteiger partial charge < -0.3 is 5.11 Å². The predicted molar refractivity (Wildman–Crippen MR) is 50.7 cm³/mol. The molecule has 15 heavy (non-hydrogen) atoms. The van der Waals surface area contributed by atoms with Crippen molar-refractivity contribution >= 4 is 22.2 Å². The minimum atomic E-state index is -4.30. The summed E-state index contributed by atoms with van der Waals surface area (Å²) in [5, 5.41) is 7.84. The maximum absolute atomic E-state index is 10.6. The van der Waals surface area contributed by atoms with Crippen LogP contribution in [0, 0.1) is 0 Å². The summed E-state index contributed by atoms with van der Waals surface area (Å²) in [4.78, 5) is 13.6. The van der Waals surface area contributed by atoms with Crippen LogP contribution in [0.4, 0.5) is 0 Å². The molecular weight excluding hydrogens is 222 g/mol. The number of hydrogen-bond donors (Lipinski definition) is 2. The zero-order valence-electron chi connectivity index (χ0n) is 7.36. The van der Waals surface area contributed by atoms with E-state index in [1.54, 1.807) is 0 Å². The molecule has 0 spiro atoms. The number of carbonyl (C=O) groups is 1. The Hall–Kier alpha value is -1.73. The lowest BCUT2D eigenvalue weighted by atomic mass is 10.2. The van der Waals surface area contributed by atoms with E-state index in [9.17, 15) is 13.2 Å². The molecule has 0 atom stereocenters. The Balaban J connectivity index is 2.96. The Morgan fingerprint density at radius 3 is 2.47 bits per heavy atom. The standard InChI is InChI=1S/C8H7NO5S/c10-8(11)4-2-6-1-3-7(9-5-6)15(12,13)14/h1-5H,(H,10,11)(H,12,13,14)/b4-2+. The maximum Gasteiger partial charge on any atom is 0.328 e. The molecule has 7 heteroatoms. The molecule has 0 unspecified atom stereocenters. The minimum absolute atomic E-state index is 0.421. The number of carboxylic acid groups (broad SMARTS) is 1. The number of pyridine rings is 1. The highest BCUT2D eigenvalue weighted by molar-refractivity contribution is 7.85. The third-order valence-corrected chi connectivity index (χ3v) is 2.21. The molecular formula is C8H7NO5S. The number of hydrogen-bond acceptors (Lipinski definition) is 4. The largest absolute Gasteiger partial charge is 0.478 e. The van der Waals surface area contributed by atoms with Crippen LogP contribution in [0.5, 0.6) is 0 Å². The lowest BCUT2D eigenvalue weighted by Gasteiger charge is -1.95. The lowest BCUT2D eigenvalue weighted by Crippen LogP contribution is -2.00. The van der Waals surface area contributed by atoms with Gasteiger partial charge >= 0.3 is 16.1 Å². The Morgan fingerprint density at radius 1 is 1.40 bits per heavy atom. The molecule has 1 heterocycles. The van der Waals surface area contributed by atoms with E-state index in [1.807, 2.05) is 0 Å². The molecule has 0 radical (unpaired) electrons. The van der Waals surface area contributed by atoms with Crippen LogP contribution in [0.15, 0.2) is 29.4 Å². The van der Waals surface area contributed by atoms with Gasteiger partial charge in [-0.3, -0.25) is 4.55 Å². The molecule has 0 aliphatic carbocycles. The van der Waals surface area contributed by atoms with Gasteiger partial charge in [0.1, 0.15) is 0 Å². The van der Waals surface area contributed by atoms with Crippen molar-refractivity contribution < 1.29 is 22.9 Å². The summed E-state index contributed by atoms with van der Waals surface area (Å²) in [7, 11) is -4.30. The molecule has 6 nitrogen and oxygen atoms in total. The minimum Gasteiger partial charge on any atom is -0.478 e. The van der Waals surface area contributed by atoms with E-state index in [4.69, 9.17) is 9.66 Å². The van der Waals surface area contributed by atoms with E-state index in [0.29, 0.717) is 5.56 Å². The van der Waals surface area contributed by atoms with Crippen molar-refractivity contribution in [2.75, 3.05) is 0 Å². The van der Waals surface area contributed by atoms with Crippen molar-refractivity contribution in [3.63, 3.8) is 0 Å². The summed E-state index contributed by atoms with van der Waals surface area (Å²) in [6.07, 6.45) is 3.29.